The first-order valence-corrected chi connectivity index (χ1v) is 9.63. The first-order chi connectivity index (χ1) is 15.6. The number of hydrogen-bond donors (Lipinski definition) is 0. The fraction of sp³-hybridized carbons (Fsp3) is 0.174. The lowest BCUT2D eigenvalue weighted by molar-refractivity contribution is -0.253. The summed E-state index contributed by atoms with van der Waals surface area (Å²) in [6.45, 7) is 0.00171. The molecule has 0 radical (unpaired) electrons. The van der Waals surface area contributed by atoms with Crippen molar-refractivity contribution in [2.24, 2.45) is 0 Å². The lowest BCUT2D eigenvalue weighted by atomic mass is 10.0. The first-order valence-electron chi connectivity index (χ1n) is 9.63. The molecule has 0 saturated heterocycles. The average Bonchev–Trinajstić information content (AvgIpc) is 3.11. The summed E-state index contributed by atoms with van der Waals surface area (Å²) in [6.07, 6.45) is -13.6. The number of para-hydroxylation sites is 1. The van der Waals surface area contributed by atoms with Gasteiger partial charge < -0.3 is 4.74 Å². The van der Waals surface area contributed by atoms with Crippen LogP contribution in [-0.2, 0) is 12.7 Å². The van der Waals surface area contributed by atoms with Crippen molar-refractivity contribution in [3.05, 3.63) is 83.9 Å². The third-order valence-corrected chi connectivity index (χ3v) is 4.89. The number of alkyl halides is 7. The summed E-state index contributed by atoms with van der Waals surface area (Å²) in [7, 11) is 0. The monoisotopic (exact) mass is 468 g/mol. The van der Waals surface area contributed by atoms with Gasteiger partial charge in [-0.1, -0.05) is 54.6 Å². The third kappa shape index (κ3) is 4.50. The summed E-state index contributed by atoms with van der Waals surface area (Å²) < 4.78 is 99.3. The zero-order valence-corrected chi connectivity index (χ0v) is 16.7. The van der Waals surface area contributed by atoms with Crippen molar-refractivity contribution in [1.82, 2.24) is 9.78 Å². The van der Waals surface area contributed by atoms with Gasteiger partial charge in [-0.15, -0.1) is 0 Å². The molecule has 0 aliphatic heterocycles. The van der Waals surface area contributed by atoms with Crippen molar-refractivity contribution in [2.45, 2.75) is 25.3 Å². The molecule has 4 aromatic rings. The van der Waals surface area contributed by atoms with Crippen molar-refractivity contribution in [2.75, 3.05) is 0 Å². The molecule has 10 heteroatoms. The van der Waals surface area contributed by atoms with Crippen LogP contribution in [0.25, 0.3) is 22.2 Å². The Morgan fingerprint density at radius 1 is 0.818 bits per heavy atom. The van der Waals surface area contributed by atoms with Gasteiger partial charge in [-0.05, 0) is 23.8 Å². The van der Waals surface area contributed by atoms with E-state index in [4.69, 9.17) is 0 Å². The molecule has 1 heterocycles. The van der Waals surface area contributed by atoms with Crippen LogP contribution < -0.4 is 4.74 Å². The van der Waals surface area contributed by atoms with Gasteiger partial charge in [-0.25, -0.2) is 0 Å². The van der Waals surface area contributed by atoms with Gasteiger partial charge in [-0.2, -0.15) is 35.8 Å². The van der Waals surface area contributed by atoms with E-state index in [2.05, 4.69) is 9.84 Å². The summed E-state index contributed by atoms with van der Waals surface area (Å²) in [5.41, 5.74) is -0.802. The summed E-state index contributed by atoms with van der Waals surface area (Å²) in [4.78, 5) is 0. The predicted molar refractivity (Wildman–Crippen MR) is 107 cm³/mol. The molecular weight excluding hydrogens is 453 g/mol. The largest absolute Gasteiger partial charge is 0.461 e. The highest BCUT2D eigenvalue weighted by Gasteiger charge is 2.44. The number of aromatic nitrogens is 2. The molecule has 0 saturated carbocycles. The van der Waals surface area contributed by atoms with E-state index in [1.807, 2.05) is 0 Å². The summed E-state index contributed by atoms with van der Waals surface area (Å²) in [5.74, 6) is -0.615. The highest BCUT2D eigenvalue weighted by Crippen LogP contribution is 2.42. The molecule has 1 aromatic heterocycles. The molecule has 0 amide bonds. The predicted octanol–water partition coefficient (Wildman–Crippen LogP) is 7.01. The van der Waals surface area contributed by atoms with E-state index in [1.165, 1.54) is 35.0 Å². The maximum absolute atomic E-state index is 13.7. The third-order valence-electron chi connectivity index (χ3n) is 4.89. The van der Waals surface area contributed by atoms with Crippen LogP contribution in [0.3, 0.4) is 0 Å². The van der Waals surface area contributed by atoms with Crippen LogP contribution >= 0.6 is 0 Å². The van der Waals surface area contributed by atoms with Crippen molar-refractivity contribution in [3.63, 3.8) is 0 Å². The Morgan fingerprint density at radius 3 is 2.15 bits per heavy atom. The summed E-state index contributed by atoms with van der Waals surface area (Å²) >= 11 is 0. The van der Waals surface area contributed by atoms with Gasteiger partial charge >= 0.3 is 18.7 Å². The van der Waals surface area contributed by atoms with Gasteiger partial charge in [-0.3, -0.25) is 4.68 Å². The number of hydrogen-bond acceptors (Lipinski definition) is 2. The van der Waals surface area contributed by atoms with Crippen LogP contribution in [0.5, 0.6) is 5.75 Å². The lowest BCUT2D eigenvalue weighted by Gasteiger charge is -2.19. The molecule has 33 heavy (non-hydrogen) atoms. The Labute approximate surface area is 183 Å². The Balaban J connectivity index is 1.96. The minimum absolute atomic E-state index is 0.00171. The van der Waals surface area contributed by atoms with E-state index in [0.29, 0.717) is 5.56 Å². The molecule has 0 N–H and O–H groups in total. The molecule has 172 valence electrons. The Bertz CT molecular complexity index is 1270. The lowest BCUT2D eigenvalue weighted by Crippen LogP contribution is -2.33. The average molecular weight is 468 g/mol. The zero-order valence-electron chi connectivity index (χ0n) is 16.7. The van der Waals surface area contributed by atoms with Gasteiger partial charge in [0.2, 0.25) is 0 Å². The van der Waals surface area contributed by atoms with Gasteiger partial charge in [0.05, 0.1) is 17.8 Å². The Morgan fingerprint density at radius 2 is 1.48 bits per heavy atom. The maximum Gasteiger partial charge on any atom is 0.461 e. The first kappa shape index (κ1) is 22.6. The minimum atomic E-state index is -4.80. The smallest absolute Gasteiger partial charge is 0.428 e. The van der Waals surface area contributed by atoms with Crippen LogP contribution in [0.1, 0.15) is 11.1 Å². The Hall–Kier alpha value is -3.56. The van der Waals surface area contributed by atoms with Gasteiger partial charge in [0.1, 0.15) is 11.3 Å². The van der Waals surface area contributed by atoms with Crippen LogP contribution in [-0.4, -0.2) is 22.3 Å². The number of fused-ring (bicyclic) bond motifs is 1. The fourth-order valence-corrected chi connectivity index (χ4v) is 3.48. The van der Waals surface area contributed by atoms with Gasteiger partial charge in [0, 0.05) is 10.9 Å². The van der Waals surface area contributed by atoms with E-state index in [1.54, 1.807) is 30.3 Å². The van der Waals surface area contributed by atoms with E-state index < -0.39 is 35.5 Å². The van der Waals surface area contributed by atoms with E-state index in [9.17, 15) is 30.7 Å². The molecule has 3 aromatic carbocycles. The molecule has 0 aliphatic carbocycles. The minimum Gasteiger partial charge on any atom is -0.428 e. The van der Waals surface area contributed by atoms with Gasteiger partial charge in [0.25, 0.3) is 0 Å². The number of halogens is 7. The van der Waals surface area contributed by atoms with Crippen molar-refractivity contribution >= 4 is 10.9 Å². The molecule has 0 bridgehead atoms. The second-order valence-electron chi connectivity index (χ2n) is 7.15. The van der Waals surface area contributed by atoms with Crippen LogP contribution in [0, 0.1) is 0 Å². The highest BCUT2D eigenvalue weighted by atomic mass is 19.4. The number of rotatable bonds is 6. The molecule has 0 fully saturated rings. The Kier molecular flexibility index (Phi) is 5.77. The van der Waals surface area contributed by atoms with Crippen molar-refractivity contribution in [3.8, 4) is 17.0 Å². The zero-order chi connectivity index (χ0) is 23.8. The molecule has 0 atom stereocenters. The van der Waals surface area contributed by atoms with Crippen molar-refractivity contribution < 1.29 is 35.5 Å². The second kappa shape index (κ2) is 8.42. The normalized spacial score (nSPS) is 12.5. The molecule has 4 rings (SSSR count). The van der Waals surface area contributed by atoms with E-state index in [0.717, 1.165) is 12.1 Å². The fourth-order valence-electron chi connectivity index (χ4n) is 3.48. The highest BCUT2D eigenvalue weighted by molar-refractivity contribution is 5.96. The summed E-state index contributed by atoms with van der Waals surface area (Å²) in [6, 6.07) is 17.1. The molecule has 0 unspecified atom stereocenters. The molecule has 3 nitrogen and oxygen atoms in total. The second-order valence-corrected chi connectivity index (χ2v) is 7.15. The van der Waals surface area contributed by atoms with E-state index in [-0.39, 0.29) is 23.2 Å². The van der Waals surface area contributed by atoms with Gasteiger partial charge in [0.15, 0.2) is 0 Å². The number of nitrogens with zero attached hydrogens (tertiary/aromatic N) is 2. The topological polar surface area (TPSA) is 27.1 Å². The van der Waals surface area contributed by atoms with Crippen LogP contribution in [0.4, 0.5) is 30.7 Å². The summed E-state index contributed by atoms with van der Waals surface area (Å²) in [5, 5.41) is 4.14. The SMILES string of the molecule is FC(F)C(F)(F)Oc1ccccc1-c1c2cccc(C(F)(F)F)c2nn1Cc1ccccc1. The molecule has 0 spiro atoms. The number of benzene rings is 3. The maximum atomic E-state index is 13.7. The van der Waals surface area contributed by atoms with Crippen LogP contribution in [0.15, 0.2) is 72.8 Å². The molecular formula is C23H15F7N2O. The van der Waals surface area contributed by atoms with Crippen LogP contribution in [0.2, 0.25) is 0 Å². The standard InChI is InChI=1S/C23H15F7N2O/c24-21(25)23(29,30)33-18-12-5-4-9-15(18)20-16-10-6-11-17(22(26,27)28)19(16)31-32(20)13-14-7-2-1-3-8-14/h1-12,21H,13H2. The molecule has 0 aliphatic rings. The van der Waals surface area contributed by atoms with E-state index >= 15 is 0 Å². The quantitative estimate of drug-likeness (QED) is 0.285. The van der Waals surface area contributed by atoms with Crippen molar-refractivity contribution in [1.29, 1.82) is 0 Å². The number of ether oxygens (including phenoxy) is 1.